The van der Waals surface area contributed by atoms with Gasteiger partial charge in [0, 0.05) is 0 Å². The van der Waals surface area contributed by atoms with Gasteiger partial charge in [-0.15, -0.1) is 0 Å². The van der Waals surface area contributed by atoms with Gasteiger partial charge in [-0.3, -0.25) is 0 Å². The van der Waals surface area contributed by atoms with E-state index in [0.717, 1.165) is 24.3 Å². The van der Waals surface area contributed by atoms with Crippen molar-refractivity contribution in [1.82, 2.24) is 0 Å². The SMILES string of the molecule is FC(F)(F)c1ccc(CCC2CC2)cc1. The minimum absolute atomic E-state index is 0.558. The third-order valence-electron chi connectivity index (χ3n) is 2.82. The summed E-state index contributed by atoms with van der Waals surface area (Å²) in [7, 11) is 0. The molecule has 0 spiro atoms. The summed E-state index contributed by atoms with van der Waals surface area (Å²) in [4.78, 5) is 0. The second-order valence-electron chi connectivity index (χ2n) is 4.18. The summed E-state index contributed by atoms with van der Waals surface area (Å²) in [5, 5.41) is 0. The Balaban J connectivity index is 1.96. The van der Waals surface area contributed by atoms with Gasteiger partial charge in [-0.1, -0.05) is 25.0 Å². The van der Waals surface area contributed by atoms with E-state index in [9.17, 15) is 13.2 Å². The monoisotopic (exact) mass is 214 g/mol. The summed E-state index contributed by atoms with van der Waals surface area (Å²) in [6, 6.07) is 5.51. The van der Waals surface area contributed by atoms with Crippen LogP contribution >= 0.6 is 0 Å². The van der Waals surface area contributed by atoms with Crippen LogP contribution in [0, 0.1) is 5.92 Å². The van der Waals surface area contributed by atoms with E-state index in [0.29, 0.717) is 0 Å². The summed E-state index contributed by atoms with van der Waals surface area (Å²) in [6.45, 7) is 0. The van der Waals surface area contributed by atoms with Crippen LogP contribution in [0.15, 0.2) is 24.3 Å². The molecule has 1 aromatic rings. The van der Waals surface area contributed by atoms with Crippen LogP contribution in [0.25, 0.3) is 0 Å². The maximum absolute atomic E-state index is 12.2. The van der Waals surface area contributed by atoms with Crippen LogP contribution < -0.4 is 0 Å². The van der Waals surface area contributed by atoms with Crippen molar-refractivity contribution in [2.75, 3.05) is 0 Å². The minimum Gasteiger partial charge on any atom is -0.166 e. The van der Waals surface area contributed by atoms with Crippen LogP contribution in [-0.4, -0.2) is 0 Å². The molecular weight excluding hydrogens is 201 g/mol. The third-order valence-corrected chi connectivity index (χ3v) is 2.82. The van der Waals surface area contributed by atoms with Gasteiger partial charge in [-0.05, 0) is 36.5 Å². The molecule has 82 valence electrons. The molecule has 0 radical (unpaired) electrons. The highest BCUT2D eigenvalue weighted by Crippen LogP contribution is 2.34. The molecule has 0 aromatic heterocycles. The van der Waals surface area contributed by atoms with Crippen molar-refractivity contribution in [3.63, 3.8) is 0 Å². The number of benzene rings is 1. The van der Waals surface area contributed by atoms with Gasteiger partial charge in [-0.25, -0.2) is 0 Å². The topological polar surface area (TPSA) is 0 Å². The molecule has 0 atom stereocenters. The lowest BCUT2D eigenvalue weighted by Crippen LogP contribution is -2.04. The van der Waals surface area contributed by atoms with Crippen molar-refractivity contribution in [1.29, 1.82) is 0 Å². The first kappa shape index (κ1) is 10.5. The Bertz CT molecular complexity index is 320. The number of rotatable bonds is 3. The molecule has 1 aliphatic rings. The van der Waals surface area contributed by atoms with E-state index in [1.165, 1.54) is 25.0 Å². The molecule has 0 amide bonds. The number of alkyl halides is 3. The van der Waals surface area contributed by atoms with Crippen molar-refractivity contribution >= 4 is 0 Å². The lowest BCUT2D eigenvalue weighted by Gasteiger charge is -2.07. The summed E-state index contributed by atoms with van der Waals surface area (Å²) in [5.74, 6) is 0.826. The molecule has 0 N–H and O–H groups in total. The summed E-state index contributed by atoms with van der Waals surface area (Å²) in [6.07, 6.45) is 0.393. The molecule has 2 rings (SSSR count). The average Bonchev–Trinajstić information content (AvgIpc) is 2.97. The second-order valence-corrected chi connectivity index (χ2v) is 4.18. The zero-order chi connectivity index (χ0) is 10.9. The Morgan fingerprint density at radius 1 is 1.07 bits per heavy atom. The molecule has 3 heteroatoms. The van der Waals surface area contributed by atoms with Crippen LogP contribution in [0.3, 0.4) is 0 Å². The van der Waals surface area contributed by atoms with E-state index in [2.05, 4.69) is 0 Å². The standard InChI is InChI=1S/C12H13F3/c13-12(14,15)11-7-5-10(6-8-11)4-3-9-1-2-9/h5-9H,1-4H2. The maximum Gasteiger partial charge on any atom is 0.416 e. The quantitative estimate of drug-likeness (QED) is 0.712. The Kier molecular flexibility index (Phi) is 2.72. The molecule has 1 saturated carbocycles. The molecular formula is C12H13F3. The minimum atomic E-state index is -4.21. The van der Waals surface area contributed by atoms with Crippen LogP contribution in [0.1, 0.15) is 30.4 Å². The molecule has 1 aliphatic carbocycles. The number of hydrogen-bond donors (Lipinski definition) is 0. The first-order valence-electron chi connectivity index (χ1n) is 5.22. The van der Waals surface area contributed by atoms with Gasteiger partial charge in [0.05, 0.1) is 5.56 Å². The molecule has 0 heterocycles. The van der Waals surface area contributed by atoms with Crippen molar-refractivity contribution < 1.29 is 13.2 Å². The van der Waals surface area contributed by atoms with E-state index in [1.54, 1.807) is 12.1 Å². The van der Waals surface area contributed by atoms with Gasteiger partial charge in [0.2, 0.25) is 0 Å². The van der Waals surface area contributed by atoms with E-state index >= 15 is 0 Å². The predicted octanol–water partition coefficient (Wildman–Crippen LogP) is 4.05. The van der Waals surface area contributed by atoms with Gasteiger partial charge in [0.15, 0.2) is 0 Å². The zero-order valence-corrected chi connectivity index (χ0v) is 8.35. The second kappa shape index (κ2) is 3.87. The Labute approximate surface area is 87.1 Å². The smallest absolute Gasteiger partial charge is 0.166 e. The van der Waals surface area contributed by atoms with Gasteiger partial charge in [0.1, 0.15) is 0 Å². The highest BCUT2D eigenvalue weighted by molar-refractivity contribution is 5.24. The molecule has 15 heavy (non-hydrogen) atoms. The first-order valence-corrected chi connectivity index (χ1v) is 5.22. The molecule has 0 bridgehead atoms. The normalized spacial score (nSPS) is 16.7. The summed E-state index contributed by atoms with van der Waals surface area (Å²) < 4.78 is 36.7. The predicted molar refractivity (Wildman–Crippen MR) is 52.5 cm³/mol. The molecule has 0 aliphatic heterocycles. The third kappa shape index (κ3) is 2.98. The van der Waals surface area contributed by atoms with Crippen molar-refractivity contribution in [2.24, 2.45) is 5.92 Å². The van der Waals surface area contributed by atoms with Crippen LogP contribution in [0.2, 0.25) is 0 Å². The van der Waals surface area contributed by atoms with E-state index < -0.39 is 11.7 Å². The molecule has 0 unspecified atom stereocenters. The van der Waals surface area contributed by atoms with Gasteiger partial charge >= 0.3 is 6.18 Å². The number of halogens is 3. The maximum atomic E-state index is 12.2. The van der Waals surface area contributed by atoms with E-state index in [-0.39, 0.29) is 0 Å². The van der Waals surface area contributed by atoms with Crippen LogP contribution in [0.5, 0.6) is 0 Å². The first-order chi connectivity index (χ1) is 7.05. The lowest BCUT2D eigenvalue weighted by molar-refractivity contribution is -0.137. The zero-order valence-electron chi connectivity index (χ0n) is 8.35. The van der Waals surface area contributed by atoms with Crippen LogP contribution in [0.4, 0.5) is 13.2 Å². The summed E-state index contributed by atoms with van der Waals surface area (Å²) in [5.41, 5.74) is 0.451. The number of aryl methyl sites for hydroxylation is 1. The van der Waals surface area contributed by atoms with E-state index in [1.807, 2.05) is 0 Å². The van der Waals surface area contributed by atoms with Crippen molar-refractivity contribution in [2.45, 2.75) is 31.9 Å². The fraction of sp³-hybridized carbons (Fsp3) is 0.500. The summed E-state index contributed by atoms with van der Waals surface area (Å²) >= 11 is 0. The fourth-order valence-corrected chi connectivity index (χ4v) is 1.64. The van der Waals surface area contributed by atoms with Crippen LogP contribution in [-0.2, 0) is 12.6 Å². The Morgan fingerprint density at radius 3 is 2.13 bits per heavy atom. The molecule has 1 fully saturated rings. The molecule has 0 nitrogen and oxygen atoms in total. The molecule has 0 saturated heterocycles. The highest BCUT2D eigenvalue weighted by Gasteiger charge is 2.30. The van der Waals surface area contributed by atoms with Crippen molar-refractivity contribution in [3.8, 4) is 0 Å². The van der Waals surface area contributed by atoms with Crippen molar-refractivity contribution in [3.05, 3.63) is 35.4 Å². The average molecular weight is 214 g/mol. The largest absolute Gasteiger partial charge is 0.416 e. The Morgan fingerprint density at radius 2 is 1.67 bits per heavy atom. The molecule has 1 aromatic carbocycles. The van der Waals surface area contributed by atoms with Gasteiger partial charge in [0.25, 0.3) is 0 Å². The van der Waals surface area contributed by atoms with Gasteiger partial charge < -0.3 is 0 Å². The lowest BCUT2D eigenvalue weighted by atomic mass is 10.1. The van der Waals surface area contributed by atoms with Gasteiger partial charge in [-0.2, -0.15) is 13.2 Å². The highest BCUT2D eigenvalue weighted by atomic mass is 19.4. The van der Waals surface area contributed by atoms with E-state index in [4.69, 9.17) is 0 Å². The number of hydrogen-bond acceptors (Lipinski definition) is 0. The Hall–Kier alpha value is -0.990. The fourth-order valence-electron chi connectivity index (χ4n) is 1.64.